The fourth-order valence-corrected chi connectivity index (χ4v) is 2.79. The minimum Gasteiger partial charge on any atom is -0.496 e. The minimum absolute atomic E-state index is 0.675. The molecular formula is C16H20BrN3O. The molecule has 5 heteroatoms. The maximum atomic E-state index is 6.08. The second kappa shape index (κ2) is 6.35. The van der Waals surface area contributed by atoms with Crippen LogP contribution in [0.15, 0.2) is 28.9 Å². The maximum Gasteiger partial charge on any atom is 0.128 e. The second-order valence-electron chi connectivity index (χ2n) is 5.11. The number of nitrogens with two attached hydrogens (primary N) is 1. The number of methoxy groups -OCH3 is 1. The highest BCUT2D eigenvalue weighted by Gasteiger charge is 2.13. The normalized spacial score (nSPS) is 10.5. The van der Waals surface area contributed by atoms with Gasteiger partial charge in [0.2, 0.25) is 0 Å². The lowest BCUT2D eigenvalue weighted by atomic mass is 10.1. The van der Waals surface area contributed by atoms with Crippen molar-refractivity contribution in [2.24, 2.45) is 0 Å². The number of benzene rings is 1. The highest BCUT2D eigenvalue weighted by atomic mass is 79.9. The first kappa shape index (κ1) is 15.6. The largest absolute Gasteiger partial charge is 0.496 e. The van der Waals surface area contributed by atoms with E-state index in [0.29, 0.717) is 6.54 Å². The Hall–Kier alpha value is -1.75. The van der Waals surface area contributed by atoms with E-state index in [2.05, 4.69) is 25.8 Å². The summed E-state index contributed by atoms with van der Waals surface area (Å²) in [5, 5.41) is 0. The molecule has 2 aromatic rings. The number of hydrogen-bond acceptors (Lipinski definition) is 4. The van der Waals surface area contributed by atoms with Gasteiger partial charge in [0, 0.05) is 28.8 Å². The molecule has 0 radical (unpaired) electrons. The summed E-state index contributed by atoms with van der Waals surface area (Å²) in [6.07, 6.45) is 1.85. The van der Waals surface area contributed by atoms with Crippen LogP contribution >= 0.6 is 15.9 Å². The number of pyridine rings is 1. The van der Waals surface area contributed by atoms with Crippen LogP contribution in [-0.2, 0) is 6.54 Å². The highest BCUT2D eigenvalue weighted by molar-refractivity contribution is 9.10. The quantitative estimate of drug-likeness (QED) is 0.855. The molecule has 1 aromatic heterocycles. The van der Waals surface area contributed by atoms with Crippen LogP contribution in [0.2, 0.25) is 0 Å². The second-order valence-corrected chi connectivity index (χ2v) is 6.02. The molecule has 0 spiro atoms. The molecule has 2 rings (SSSR count). The SMILES string of the molecule is COc1c(C)cnc(CN(C)c2ccc(Br)cc2N)c1C. The van der Waals surface area contributed by atoms with Gasteiger partial charge in [0.15, 0.2) is 0 Å². The number of hydrogen-bond donors (Lipinski definition) is 1. The Morgan fingerprint density at radius 1 is 1.33 bits per heavy atom. The van der Waals surface area contributed by atoms with Crippen LogP contribution in [0.25, 0.3) is 0 Å². The first-order valence-electron chi connectivity index (χ1n) is 6.69. The van der Waals surface area contributed by atoms with E-state index >= 15 is 0 Å². The van der Waals surface area contributed by atoms with Gasteiger partial charge in [0.05, 0.1) is 30.7 Å². The predicted octanol–water partition coefficient (Wildman–Crippen LogP) is 3.69. The van der Waals surface area contributed by atoms with E-state index in [1.807, 2.05) is 45.3 Å². The number of aryl methyl sites for hydroxylation is 1. The van der Waals surface area contributed by atoms with Crippen LogP contribution in [0.3, 0.4) is 0 Å². The van der Waals surface area contributed by atoms with Crippen LogP contribution in [0.5, 0.6) is 5.75 Å². The molecule has 0 aliphatic heterocycles. The van der Waals surface area contributed by atoms with Crippen molar-refractivity contribution in [3.8, 4) is 5.75 Å². The summed E-state index contributed by atoms with van der Waals surface area (Å²) in [4.78, 5) is 6.62. The maximum absolute atomic E-state index is 6.08. The van der Waals surface area contributed by atoms with Crippen molar-refractivity contribution >= 4 is 27.3 Å². The number of nitrogens with zero attached hydrogens (tertiary/aromatic N) is 2. The Morgan fingerprint density at radius 2 is 2.05 bits per heavy atom. The van der Waals surface area contributed by atoms with Crippen molar-refractivity contribution in [3.05, 3.63) is 45.7 Å². The van der Waals surface area contributed by atoms with Crippen LogP contribution in [0, 0.1) is 13.8 Å². The summed E-state index contributed by atoms with van der Waals surface area (Å²) >= 11 is 3.42. The van der Waals surface area contributed by atoms with Crippen molar-refractivity contribution in [1.29, 1.82) is 0 Å². The number of ether oxygens (including phenoxy) is 1. The lowest BCUT2D eigenvalue weighted by molar-refractivity contribution is 0.407. The first-order chi connectivity index (χ1) is 9.93. The molecule has 0 unspecified atom stereocenters. The summed E-state index contributed by atoms with van der Waals surface area (Å²) in [5.41, 5.74) is 10.9. The number of aromatic nitrogens is 1. The van der Waals surface area contributed by atoms with Gasteiger partial charge in [-0.15, -0.1) is 0 Å². The number of anilines is 2. The first-order valence-corrected chi connectivity index (χ1v) is 7.48. The van der Waals surface area contributed by atoms with Crippen molar-refractivity contribution in [2.45, 2.75) is 20.4 Å². The van der Waals surface area contributed by atoms with E-state index in [0.717, 1.165) is 38.4 Å². The fourth-order valence-electron chi connectivity index (χ4n) is 2.41. The van der Waals surface area contributed by atoms with E-state index < -0.39 is 0 Å². The zero-order valence-electron chi connectivity index (χ0n) is 12.8. The van der Waals surface area contributed by atoms with Gasteiger partial charge in [-0.2, -0.15) is 0 Å². The monoisotopic (exact) mass is 349 g/mol. The van der Waals surface area contributed by atoms with Crippen molar-refractivity contribution in [2.75, 3.05) is 24.8 Å². The van der Waals surface area contributed by atoms with Gasteiger partial charge < -0.3 is 15.4 Å². The van der Waals surface area contributed by atoms with Crippen LogP contribution in [-0.4, -0.2) is 19.1 Å². The Labute approximate surface area is 134 Å². The molecule has 0 amide bonds. The van der Waals surface area contributed by atoms with Gasteiger partial charge >= 0.3 is 0 Å². The molecule has 21 heavy (non-hydrogen) atoms. The van der Waals surface area contributed by atoms with Gasteiger partial charge in [-0.1, -0.05) is 15.9 Å². The Morgan fingerprint density at radius 3 is 2.67 bits per heavy atom. The van der Waals surface area contributed by atoms with E-state index in [9.17, 15) is 0 Å². The van der Waals surface area contributed by atoms with Crippen molar-refractivity contribution in [1.82, 2.24) is 4.98 Å². The lowest BCUT2D eigenvalue weighted by Gasteiger charge is -2.22. The van der Waals surface area contributed by atoms with Crippen LogP contribution < -0.4 is 15.4 Å². The average Bonchev–Trinajstić information content (AvgIpc) is 2.42. The van der Waals surface area contributed by atoms with E-state index in [4.69, 9.17) is 10.5 Å². The Balaban J connectivity index is 2.29. The number of rotatable bonds is 4. The molecule has 0 fully saturated rings. The smallest absolute Gasteiger partial charge is 0.128 e. The van der Waals surface area contributed by atoms with Gasteiger partial charge in [-0.3, -0.25) is 4.98 Å². The molecule has 1 aromatic carbocycles. The highest BCUT2D eigenvalue weighted by Crippen LogP contribution is 2.29. The number of halogens is 1. The molecule has 112 valence electrons. The summed E-state index contributed by atoms with van der Waals surface area (Å²) in [7, 11) is 3.70. The summed E-state index contributed by atoms with van der Waals surface area (Å²) in [5.74, 6) is 0.900. The molecular weight excluding hydrogens is 330 g/mol. The third-order valence-corrected chi connectivity index (χ3v) is 4.03. The zero-order chi connectivity index (χ0) is 15.6. The predicted molar refractivity (Wildman–Crippen MR) is 90.9 cm³/mol. The lowest BCUT2D eigenvalue weighted by Crippen LogP contribution is -2.19. The van der Waals surface area contributed by atoms with Gasteiger partial charge in [0.1, 0.15) is 5.75 Å². The molecule has 0 aliphatic rings. The van der Waals surface area contributed by atoms with Crippen molar-refractivity contribution in [3.63, 3.8) is 0 Å². The standard InChI is InChI=1S/C16H20BrN3O/c1-10-8-19-14(11(2)16(10)21-4)9-20(3)15-6-5-12(17)7-13(15)18/h5-8H,9,18H2,1-4H3. The molecule has 4 nitrogen and oxygen atoms in total. The summed E-state index contributed by atoms with van der Waals surface area (Å²) < 4.78 is 6.43. The van der Waals surface area contributed by atoms with E-state index in [1.165, 1.54) is 0 Å². The molecule has 1 heterocycles. The van der Waals surface area contributed by atoms with Crippen LogP contribution in [0.4, 0.5) is 11.4 Å². The molecule has 0 bridgehead atoms. The fraction of sp³-hybridized carbons (Fsp3) is 0.312. The molecule has 0 aliphatic carbocycles. The average molecular weight is 350 g/mol. The summed E-state index contributed by atoms with van der Waals surface area (Å²) in [6.45, 7) is 4.71. The van der Waals surface area contributed by atoms with Crippen LogP contribution in [0.1, 0.15) is 16.8 Å². The van der Waals surface area contributed by atoms with Gasteiger partial charge in [-0.05, 0) is 32.0 Å². The zero-order valence-corrected chi connectivity index (χ0v) is 14.4. The molecule has 0 atom stereocenters. The van der Waals surface area contributed by atoms with E-state index in [-0.39, 0.29) is 0 Å². The topological polar surface area (TPSA) is 51.4 Å². The summed E-state index contributed by atoms with van der Waals surface area (Å²) in [6, 6.07) is 5.89. The Kier molecular flexibility index (Phi) is 4.73. The third-order valence-electron chi connectivity index (χ3n) is 3.54. The third kappa shape index (κ3) is 3.29. The van der Waals surface area contributed by atoms with Crippen molar-refractivity contribution < 1.29 is 4.74 Å². The molecule has 0 saturated heterocycles. The van der Waals surface area contributed by atoms with E-state index in [1.54, 1.807) is 7.11 Å². The minimum atomic E-state index is 0.675. The molecule has 2 N–H and O–H groups in total. The van der Waals surface area contributed by atoms with Gasteiger partial charge in [0.25, 0.3) is 0 Å². The van der Waals surface area contributed by atoms with Gasteiger partial charge in [-0.25, -0.2) is 0 Å². The molecule has 0 saturated carbocycles. The Bertz CT molecular complexity index is 658. The number of nitrogen functional groups attached to an aromatic ring is 1.